The van der Waals surface area contributed by atoms with Crippen LogP contribution in [0.1, 0.15) is 24.0 Å². The molecule has 0 aliphatic carbocycles. The van der Waals surface area contributed by atoms with Gasteiger partial charge in [-0.15, -0.1) is 0 Å². The normalized spacial score (nSPS) is 22.5. The van der Waals surface area contributed by atoms with Gasteiger partial charge in [0.05, 0.1) is 12.1 Å². The molecule has 1 amide bonds. The van der Waals surface area contributed by atoms with Crippen molar-refractivity contribution in [1.82, 2.24) is 10.2 Å². The zero-order valence-corrected chi connectivity index (χ0v) is 13.7. The number of hydrogen-bond acceptors (Lipinski definition) is 5. The molecule has 1 aromatic carbocycles. The van der Waals surface area contributed by atoms with Crippen molar-refractivity contribution in [3.05, 3.63) is 29.3 Å². The lowest BCUT2D eigenvalue weighted by atomic mass is 9.94. The Balaban J connectivity index is 1.69. The molecule has 0 unspecified atom stereocenters. The summed E-state index contributed by atoms with van der Waals surface area (Å²) in [5, 5.41) is 12.2. The smallest absolute Gasteiger partial charge is 0.420 e. The molecular weight excluding hydrogens is 351 g/mol. The predicted octanol–water partition coefficient (Wildman–Crippen LogP) is 1.68. The molecule has 0 spiro atoms. The minimum absolute atomic E-state index is 0.146. The highest BCUT2D eigenvalue weighted by Crippen LogP contribution is 2.26. The van der Waals surface area contributed by atoms with Gasteiger partial charge in [-0.05, 0) is 42.5 Å². The Labute approximate surface area is 147 Å². The van der Waals surface area contributed by atoms with Gasteiger partial charge >= 0.3 is 12.1 Å². The first-order valence-electron chi connectivity index (χ1n) is 8.14. The molecule has 0 bridgehead atoms. The van der Waals surface area contributed by atoms with Crippen LogP contribution in [0.5, 0.6) is 5.75 Å². The second kappa shape index (κ2) is 6.96. The van der Waals surface area contributed by atoms with Crippen LogP contribution in [0.2, 0.25) is 0 Å². The van der Waals surface area contributed by atoms with E-state index in [9.17, 15) is 22.8 Å². The van der Waals surface area contributed by atoms with E-state index < -0.39 is 24.2 Å². The van der Waals surface area contributed by atoms with Crippen molar-refractivity contribution in [2.75, 3.05) is 6.54 Å². The number of ether oxygens (including phenoxy) is 1. The number of benzene rings is 1. The number of esters is 1. The third-order valence-corrected chi connectivity index (χ3v) is 4.57. The summed E-state index contributed by atoms with van der Waals surface area (Å²) >= 11 is 0. The third kappa shape index (κ3) is 3.65. The Morgan fingerprint density at radius 3 is 2.77 bits per heavy atom. The molecule has 1 aromatic rings. The highest BCUT2D eigenvalue weighted by molar-refractivity contribution is 5.83. The first-order chi connectivity index (χ1) is 12.3. The van der Waals surface area contributed by atoms with Crippen LogP contribution >= 0.6 is 0 Å². The number of nitrogens with one attached hydrogen (secondary N) is 1. The number of nitriles is 1. The molecule has 3 rings (SSSR count). The summed E-state index contributed by atoms with van der Waals surface area (Å²) in [4.78, 5) is 25.1. The lowest BCUT2D eigenvalue weighted by Crippen LogP contribution is -2.50. The van der Waals surface area contributed by atoms with E-state index in [0.29, 0.717) is 24.9 Å². The number of fused-ring (bicyclic) bond motifs is 1. The van der Waals surface area contributed by atoms with Gasteiger partial charge in [-0.1, -0.05) is 6.07 Å². The van der Waals surface area contributed by atoms with Gasteiger partial charge < -0.3 is 15.0 Å². The fourth-order valence-corrected chi connectivity index (χ4v) is 3.26. The second-order valence-electron chi connectivity index (χ2n) is 6.27. The molecule has 138 valence electrons. The number of alkyl halides is 3. The molecule has 0 saturated carbocycles. The quantitative estimate of drug-likeness (QED) is 0.635. The molecule has 2 aliphatic heterocycles. The summed E-state index contributed by atoms with van der Waals surface area (Å²) in [5.41, 5.74) is 1.46. The van der Waals surface area contributed by atoms with Crippen LogP contribution in [0, 0.1) is 11.3 Å². The number of amides is 1. The summed E-state index contributed by atoms with van der Waals surface area (Å²) < 4.78 is 41.1. The first-order valence-corrected chi connectivity index (χ1v) is 8.14. The first kappa shape index (κ1) is 18.2. The summed E-state index contributed by atoms with van der Waals surface area (Å²) in [6.07, 6.45) is -3.24. The van der Waals surface area contributed by atoms with Gasteiger partial charge in [0.25, 0.3) is 0 Å². The SMILES string of the molecule is N#C[C@@H]1CCCN1C(=O)[C@@H]1Cc2ccc(OC(=O)C(F)(F)F)cc2CN1. The molecule has 0 aromatic heterocycles. The van der Waals surface area contributed by atoms with Crippen molar-refractivity contribution in [3.8, 4) is 11.8 Å². The van der Waals surface area contributed by atoms with Crippen LogP contribution < -0.4 is 10.1 Å². The van der Waals surface area contributed by atoms with E-state index in [0.717, 1.165) is 12.0 Å². The third-order valence-electron chi connectivity index (χ3n) is 4.57. The van der Waals surface area contributed by atoms with Crippen molar-refractivity contribution in [3.63, 3.8) is 0 Å². The van der Waals surface area contributed by atoms with Crippen LogP contribution in [0.3, 0.4) is 0 Å². The van der Waals surface area contributed by atoms with E-state index in [2.05, 4.69) is 16.1 Å². The summed E-state index contributed by atoms with van der Waals surface area (Å²) in [6, 6.07) is 5.43. The van der Waals surface area contributed by atoms with Gasteiger partial charge in [0, 0.05) is 13.1 Å². The van der Waals surface area contributed by atoms with Gasteiger partial charge in [-0.25, -0.2) is 4.79 Å². The van der Waals surface area contributed by atoms with E-state index >= 15 is 0 Å². The molecule has 1 saturated heterocycles. The minimum atomic E-state index is -5.06. The highest BCUT2D eigenvalue weighted by atomic mass is 19.4. The second-order valence-corrected chi connectivity index (χ2v) is 6.27. The monoisotopic (exact) mass is 367 g/mol. The van der Waals surface area contributed by atoms with Crippen LogP contribution in [0.4, 0.5) is 13.2 Å². The standard InChI is InChI=1S/C17H16F3N3O3/c18-17(19,20)16(25)26-13-4-3-10-7-14(22-9-11(10)6-13)15(24)23-5-1-2-12(23)8-21/h3-4,6,12,14,22H,1-2,5,7,9H2/t12-,14-/m0/s1. The number of nitrogens with zero attached hydrogens (tertiary/aromatic N) is 2. The Kier molecular flexibility index (Phi) is 4.87. The minimum Gasteiger partial charge on any atom is -0.420 e. The predicted molar refractivity (Wildman–Crippen MR) is 82.8 cm³/mol. The molecule has 1 N–H and O–H groups in total. The van der Waals surface area contributed by atoms with E-state index in [-0.39, 0.29) is 18.2 Å². The van der Waals surface area contributed by atoms with E-state index in [1.54, 1.807) is 11.0 Å². The summed E-state index contributed by atoms with van der Waals surface area (Å²) in [6.45, 7) is 0.808. The number of likely N-dealkylation sites (tertiary alicyclic amines) is 1. The summed E-state index contributed by atoms with van der Waals surface area (Å²) in [7, 11) is 0. The lowest BCUT2D eigenvalue weighted by molar-refractivity contribution is -0.189. The Morgan fingerprint density at radius 1 is 1.31 bits per heavy atom. The van der Waals surface area contributed by atoms with Crippen LogP contribution in [0.15, 0.2) is 18.2 Å². The van der Waals surface area contributed by atoms with E-state index in [1.165, 1.54) is 12.1 Å². The van der Waals surface area contributed by atoms with Gasteiger partial charge in [-0.3, -0.25) is 4.79 Å². The zero-order valence-electron chi connectivity index (χ0n) is 13.7. The molecule has 6 nitrogen and oxygen atoms in total. The van der Waals surface area contributed by atoms with Gasteiger partial charge in [0.1, 0.15) is 11.8 Å². The van der Waals surface area contributed by atoms with Gasteiger partial charge in [0.2, 0.25) is 5.91 Å². The fraction of sp³-hybridized carbons (Fsp3) is 0.471. The molecule has 2 heterocycles. The highest BCUT2D eigenvalue weighted by Gasteiger charge is 2.41. The maximum absolute atomic E-state index is 12.6. The van der Waals surface area contributed by atoms with Gasteiger partial charge in [-0.2, -0.15) is 18.4 Å². The molecule has 26 heavy (non-hydrogen) atoms. The molecular formula is C17H16F3N3O3. The van der Waals surface area contributed by atoms with Crippen LogP contribution in [0.25, 0.3) is 0 Å². The average molecular weight is 367 g/mol. The van der Waals surface area contributed by atoms with Crippen LogP contribution in [-0.2, 0) is 22.6 Å². The van der Waals surface area contributed by atoms with E-state index in [4.69, 9.17) is 5.26 Å². The van der Waals surface area contributed by atoms with Crippen molar-refractivity contribution < 1.29 is 27.5 Å². The van der Waals surface area contributed by atoms with Crippen molar-refractivity contribution in [1.29, 1.82) is 5.26 Å². The lowest BCUT2D eigenvalue weighted by Gasteiger charge is -2.30. The van der Waals surface area contributed by atoms with Crippen molar-refractivity contribution in [2.24, 2.45) is 0 Å². The maximum Gasteiger partial charge on any atom is 0.491 e. The number of carbonyl (C=O) groups is 2. The number of carbonyl (C=O) groups excluding carboxylic acids is 2. The van der Waals surface area contributed by atoms with Crippen LogP contribution in [-0.4, -0.2) is 41.6 Å². The Bertz CT molecular complexity index is 773. The number of halogens is 3. The Morgan fingerprint density at radius 2 is 2.08 bits per heavy atom. The Hall–Kier alpha value is -2.60. The van der Waals surface area contributed by atoms with E-state index in [1.807, 2.05) is 0 Å². The summed E-state index contributed by atoms with van der Waals surface area (Å²) in [5.74, 6) is -2.61. The maximum atomic E-state index is 12.6. The molecule has 2 atom stereocenters. The molecule has 9 heteroatoms. The van der Waals surface area contributed by atoms with Gasteiger partial charge in [0.15, 0.2) is 0 Å². The molecule has 0 radical (unpaired) electrons. The van der Waals surface area contributed by atoms with Crippen molar-refractivity contribution >= 4 is 11.9 Å². The number of hydrogen-bond donors (Lipinski definition) is 1. The zero-order chi connectivity index (χ0) is 18.9. The van der Waals surface area contributed by atoms with Crippen molar-refractivity contribution in [2.45, 2.75) is 44.1 Å². The average Bonchev–Trinajstić information content (AvgIpc) is 3.08. The molecule has 2 aliphatic rings. The topological polar surface area (TPSA) is 82.4 Å². The fourth-order valence-electron chi connectivity index (χ4n) is 3.26. The molecule has 1 fully saturated rings. The largest absolute Gasteiger partial charge is 0.491 e. The number of rotatable bonds is 2.